The SMILES string of the molecule is COc1ccc(CSc2nnc(-c3ccccc3)o2)cc1Br. The predicted octanol–water partition coefficient (Wildman–Crippen LogP) is 4.80. The van der Waals surface area contributed by atoms with E-state index in [9.17, 15) is 0 Å². The molecule has 0 atom stereocenters. The van der Waals surface area contributed by atoms with Gasteiger partial charge in [0.2, 0.25) is 5.89 Å². The van der Waals surface area contributed by atoms with E-state index in [1.54, 1.807) is 7.11 Å². The molecule has 3 rings (SSSR count). The summed E-state index contributed by atoms with van der Waals surface area (Å²) >= 11 is 4.99. The summed E-state index contributed by atoms with van der Waals surface area (Å²) in [6.07, 6.45) is 0. The third-order valence-electron chi connectivity index (χ3n) is 3.01. The van der Waals surface area contributed by atoms with Gasteiger partial charge in [-0.25, -0.2) is 0 Å². The number of halogens is 1. The molecule has 0 spiro atoms. The standard InChI is InChI=1S/C16H13BrN2O2S/c1-20-14-8-7-11(9-13(14)17)10-22-16-19-18-15(21-16)12-5-3-2-4-6-12/h2-9H,10H2,1H3. The fraction of sp³-hybridized carbons (Fsp3) is 0.125. The van der Waals surface area contributed by atoms with Crippen molar-refractivity contribution in [2.24, 2.45) is 0 Å². The zero-order valence-corrected chi connectivity index (χ0v) is 14.2. The molecule has 6 heteroatoms. The van der Waals surface area contributed by atoms with Crippen LogP contribution in [0.2, 0.25) is 0 Å². The molecule has 3 aromatic rings. The van der Waals surface area contributed by atoms with Crippen LogP contribution in [0.4, 0.5) is 0 Å². The summed E-state index contributed by atoms with van der Waals surface area (Å²) in [6.45, 7) is 0. The highest BCUT2D eigenvalue weighted by molar-refractivity contribution is 9.10. The maximum atomic E-state index is 5.67. The lowest BCUT2D eigenvalue weighted by Crippen LogP contribution is -1.86. The summed E-state index contributed by atoms with van der Waals surface area (Å²) in [5.74, 6) is 2.11. The summed E-state index contributed by atoms with van der Waals surface area (Å²) in [7, 11) is 1.65. The Bertz CT molecular complexity index is 762. The van der Waals surface area contributed by atoms with Crippen molar-refractivity contribution < 1.29 is 9.15 Å². The van der Waals surface area contributed by atoms with Crippen molar-refractivity contribution in [1.29, 1.82) is 0 Å². The molecule has 2 aromatic carbocycles. The van der Waals surface area contributed by atoms with Gasteiger partial charge in [-0.05, 0) is 45.8 Å². The molecule has 0 saturated heterocycles. The Morgan fingerprint density at radius 2 is 1.95 bits per heavy atom. The van der Waals surface area contributed by atoms with E-state index >= 15 is 0 Å². The van der Waals surface area contributed by atoms with Crippen LogP contribution in [0.25, 0.3) is 11.5 Å². The Balaban J connectivity index is 1.67. The Kier molecular flexibility index (Phi) is 4.80. The Morgan fingerprint density at radius 3 is 2.68 bits per heavy atom. The highest BCUT2D eigenvalue weighted by atomic mass is 79.9. The van der Waals surface area contributed by atoms with Crippen LogP contribution in [-0.2, 0) is 5.75 Å². The normalized spacial score (nSPS) is 10.6. The second-order valence-electron chi connectivity index (χ2n) is 4.50. The van der Waals surface area contributed by atoms with Gasteiger partial charge in [0.1, 0.15) is 5.75 Å². The lowest BCUT2D eigenvalue weighted by Gasteiger charge is -2.05. The summed E-state index contributed by atoms with van der Waals surface area (Å²) in [4.78, 5) is 0. The number of methoxy groups -OCH3 is 1. The summed E-state index contributed by atoms with van der Waals surface area (Å²) in [5, 5.41) is 8.71. The van der Waals surface area contributed by atoms with E-state index in [2.05, 4.69) is 26.1 Å². The molecule has 0 radical (unpaired) electrons. The molecule has 0 aliphatic heterocycles. The minimum atomic E-state index is 0.541. The molecule has 0 aliphatic carbocycles. The third kappa shape index (κ3) is 3.51. The summed E-state index contributed by atoms with van der Waals surface area (Å²) in [6, 6.07) is 15.7. The first-order valence-electron chi connectivity index (χ1n) is 6.60. The van der Waals surface area contributed by atoms with Crippen molar-refractivity contribution in [3.63, 3.8) is 0 Å². The second-order valence-corrected chi connectivity index (χ2v) is 6.28. The minimum absolute atomic E-state index is 0.541. The fourth-order valence-electron chi connectivity index (χ4n) is 1.91. The van der Waals surface area contributed by atoms with Gasteiger partial charge in [0, 0.05) is 11.3 Å². The number of nitrogens with zero attached hydrogens (tertiary/aromatic N) is 2. The number of benzene rings is 2. The molecule has 1 heterocycles. The van der Waals surface area contributed by atoms with Crippen molar-refractivity contribution >= 4 is 27.7 Å². The molecule has 0 bridgehead atoms. The van der Waals surface area contributed by atoms with Crippen LogP contribution in [0, 0.1) is 0 Å². The fourth-order valence-corrected chi connectivity index (χ4v) is 3.20. The van der Waals surface area contributed by atoms with Crippen molar-refractivity contribution in [1.82, 2.24) is 10.2 Å². The molecule has 0 fully saturated rings. The zero-order valence-electron chi connectivity index (χ0n) is 11.8. The molecule has 0 amide bonds. The van der Waals surface area contributed by atoms with Gasteiger partial charge < -0.3 is 9.15 Å². The van der Waals surface area contributed by atoms with E-state index in [4.69, 9.17) is 9.15 Å². The lowest BCUT2D eigenvalue weighted by molar-refractivity contribution is 0.412. The molecular formula is C16H13BrN2O2S. The Labute approximate surface area is 141 Å². The molecule has 0 saturated carbocycles. The molecule has 4 nitrogen and oxygen atoms in total. The van der Waals surface area contributed by atoms with Gasteiger partial charge in [0.05, 0.1) is 11.6 Å². The van der Waals surface area contributed by atoms with Gasteiger partial charge in [-0.15, -0.1) is 10.2 Å². The van der Waals surface area contributed by atoms with Crippen LogP contribution < -0.4 is 4.74 Å². The van der Waals surface area contributed by atoms with E-state index in [1.165, 1.54) is 11.8 Å². The van der Waals surface area contributed by atoms with Crippen LogP contribution in [0.3, 0.4) is 0 Å². The van der Waals surface area contributed by atoms with Gasteiger partial charge in [-0.1, -0.05) is 36.0 Å². The summed E-state index contributed by atoms with van der Waals surface area (Å²) in [5.41, 5.74) is 2.08. The van der Waals surface area contributed by atoms with Gasteiger partial charge in [0.25, 0.3) is 5.22 Å². The maximum Gasteiger partial charge on any atom is 0.277 e. The highest BCUT2D eigenvalue weighted by Gasteiger charge is 2.09. The van der Waals surface area contributed by atoms with E-state index < -0.39 is 0 Å². The first kappa shape index (κ1) is 15.1. The molecule has 0 unspecified atom stereocenters. The van der Waals surface area contributed by atoms with E-state index in [0.717, 1.165) is 27.1 Å². The van der Waals surface area contributed by atoms with Gasteiger partial charge in [-0.3, -0.25) is 0 Å². The van der Waals surface area contributed by atoms with E-state index in [-0.39, 0.29) is 0 Å². The quantitative estimate of drug-likeness (QED) is 0.598. The smallest absolute Gasteiger partial charge is 0.277 e. The molecule has 112 valence electrons. The predicted molar refractivity (Wildman–Crippen MR) is 90.0 cm³/mol. The topological polar surface area (TPSA) is 48.2 Å². The van der Waals surface area contributed by atoms with Crippen LogP contribution >= 0.6 is 27.7 Å². The Morgan fingerprint density at radius 1 is 1.14 bits per heavy atom. The van der Waals surface area contributed by atoms with Gasteiger partial charge in [-0.2, -0.15) is 0 Å². The van der Waals surface area contributed by atoms with Crippen molar-refractivity contribution in [3.8, 4) is 17.2 Å². The number of thioether (sulfide) groups is 1. The largest absolute Gasteiger partial charge is 0.496 e. The lowest BCUT2D eigenvalue weighted by atomic mass is 10.2. The monoisotopic (exact) mass is 376 g/mol. The average Bonchev–Trinajstić information content (AvgIpc) is 3.03. The number of rotatable bonds is 5. The molecule has 1 aromatic heterocycles. The van der Waals surface area contributed by atoms with Gasteiger partial charge >= 0.3 is 0 Å². The molecule has 22 heavy (non-hydrogen) atoms. The second kappa shape index (κ2) is 6.98. The van der Waals surface area contributed by atoms with Crippen LogP contribution in [-0.4, -0.2) is 17.3 Å². The minimum Gasteiger partial charge on any atom is -0.496 e. The molecular weight excluding hydrogens is 364 g/mol. The van der Waals surface area contributed by atoms with Crippen molar-refractivity contribution in [2.75, 3.05) is 7.11 Å². The molecule has 0 aliphatic rings. The summed E-state index contributed by atoms with van der Waals surface area (Å²) < 4.78 is 11.8. The van der Waals surface area contributed by atoms with Crippen LogP contribution in [0.1, 0.15) is 5.56 Å². The van der Waals surface area contributed by atoms with Crippen molar-refractivity contribution in [3.05, 3.63) is 58.6 Å². The highest BCUT2D eigenvalue weighted by Crippen LogP contribution is 2.29. The van der Waals surface area contributed by atoms with Crippen molar-refractivity contribution in [2.45, 2.75) is 11.0 Å². The first-order valence-corrected chi connectivity index (χ1v) is 8.38. The van der Waals surface area contributed by atoms with Crippen LogP contribution in [0.5, 0.6) is 5.75 Å². The van der Waals surface area contributed by atoms with Crippen LogP contribution in [0.15, 0.2) is 62.6 Å². The third-order valence-corrected chi connectivity index (χ3v) is 4.52. The van der Waals surface area contributed by atoms with Gasteiger partial charge in [0.15, 0.2) is 0 Å². The maximum absolute atomic E-state index is 5.67. The van der Waals surface area contributed by atoms with E-state index in [1.807, 2.05) is 48.5 Å². The number of aromatic nitrogens is 2. The number of hydrogen-bond donors (Lipinski definition) is 0. The molecule has 0 N–H and O–H groups in total. The Hall–Kier alpha value is -1.79. The first-order chi connectivity index (χ1) is 10.8. The number of ether oxygens (including phenoxy) is 1. The average molecular weight is 377 g/mol. The number of hydrogen-bond acceptors (Lipinski definition) is 5. The van der Waals surface area contributed by atoms with E-state index in [0.29, 0.717) is 11.1 Å². The zero-order chi connectivity index (χ0) is 15.4.